The van der Waals surface area contributed by atoms with E-state index in [0.29, 0.717) is 32.5 Å². The van der Waals surface area contributed by atoms with Crippen LogP contribution in [0.15, 0.2) is 66.0 Å². The number of carbonyl (C=O) groups excluding carboxylic acids is 2. The van der Waals surface area contributed by atoms with Gasteiger partial charge in [0.1, 0.15) is 5.75 Å². The van der Waals surface area contributed by atoms with Crippen LogP contribution in [0.3, 0.4) is 0 Å². The number of ether oxygens (including phenoxy) is 1. The molecular formula is C25H26N2O3S. The number of thiophene rings is 1. The summed E-state index contributed by atoms with van der Waals surface area (Å²) < 4.78 is 5.19. The van der Waals surface area contributed by atoms with Gasteiger partial charge in [0.05, 0.1) is 19.4 Å². The lowest BCUT2D eigenvalue weighted by atomic mass is 9.94. The van der Waals surface area contributed by atoms with Crippen LogP contribution >= 0.6 is 11.3 Å². The van der Waals surface area contributed by atoms with Crippen LogP contribution in [0.5, 0.6) is 5.75 Å². The van der Waals surface area contributed by atoms with Crippen LogP contribution < -0.4 is 10.1 Å². The van der Waals surface area contributed by atoms with Crippen molar-refractivity contribution in [1.29, 1.82) is 0 Å². The molecule has 1 atom stereocenters. The van der Waals surface area contributed by atoms with Crippen LogP contribution in [0, 0.1) is 5.92 Å². The lowest BCUT2D eigenvalue weighted by Gasteiger charge is -2.24. The normalized spacial score (nSPS) is 16.5. The molecule has 1 aliphatic rings. The van der Waals surface area contributed by atoms with Crippen LogP contribution in [0.2, 0.25) is 0 Å². The van der Waals surface area contributed by atoms with E-state index in [1.165, 1.54) is 4.88 Å². The maximum atomic E-state index is 13.0. The fraction of sp³-hybridized carbons (Fsp3) is 0.280. The Balaban J connectivity index is 1.48. The summed E-state index contributed by atoms with van der Waals surface area (Å²) >= 11 is 1.69. The summed E-state index contributed by atoms with van der Waals surface area (Å²) in [5, 5.41) is 5.05. The van der Waals surface area contributed by atoms with E-state index in [-0.39, 0.29) is 17.7 Å². The lowest BCUT2D eigenvalue weighted by Crippen LogP contribution is -2.38. The van der Waals surface area contributed by atoms with Gasteiger partial charge in [-0.05, 0) is 46.7 Å². The van der Waals surface area contributed by atoms with Crippen molar-refractivity contribution >= 4 is 23.2 Å². The molecule has 5 nitrogen and oxygen atoms in total. The number of hydrogen-bond acceptors (Lipinski definition) is 4. The average Bonchev–Trinajstić information content (AvgIpc) is 3.26. The number of nitrogens with one attached hydrogen (secondary N) is 1. The Morgan fingerprint density at radius 3 is 2.68 bits per heavy atom. The Morgan fingerprint density at radius 2 is 1.94 bits per heavy atom. The fourth-order valence-corrected chi connectivity index (χ4v) is 4.74. The molecular weight excluding hydrogens is 408 g/mol. The minimum Gasteiger partial charge on any atom is -0.497 e. The molecule has 31 heavy (non-hydrogen) atoms. The molecule has 0 aliphatic carbocycles. The molecule has 1 fully saturated rings. The Hall–Kier alpha value is -3.12. The van der Waals surface area contributed by atoms with E-state index in [4.69, 9.17) is 4.74 Å². The second kappa shape index (κ2) is 9.79. The Kier molecular flexibility index (Phi) is 6.67. The van der Waals surface area contributed by atoms with Gasteiger partial charge < -0.3 is 15.0 Å². The molecule has 2 amide bonds. The smallest absolute Gasteiger partial charge is 0.227 e. The molecule has 0 spiro atoms. The second-order valence-electron chi connectivity index (χ2n) is 7.69. The van der Waals surface area contributed by atoms with E-state index in [0.717, 1.165) is 22.4 Å². The zero-order valence-corrected chi connectivity index (χ0v) is 18.4. The molecule has 0 saturated carbocycles. The summed E-state index contributed by atoms with van der Waals surface area (Å²) in [6, 6.07) is 19.9. The van der Waals surface area contributed by atoms with Gasteiger partial charge in [0.15, 0.2) is 0 Å². The third-order valence-electron chi connectivity index (χ3n) is 5.63. The summed E-state index contributed by atoms with van der Waals surface area (Å²) in [5.74, 6) is 0.549. The summed E-state index contributed by atoms with van der Waals surface area (Å²) in [7, 11) is 1.62. The van der Waals surface area contributed by atoms with Gasteiger partial charge in [-0.25, -0.2) is 0 Å². The first-order chi connectivity index (χ1) is 15.1. The molecule has 1 aliphatic heterocycles. The molecule has 2 aromatic carbocycles. The highest BCUT2D eigenvalue weighted by molar-refractivity contribution is 7.13. The van der Waals surface area contributed by atoms with Gasteiger partial charge >= 0.3 is 0 Å². The maximum absolute atomic E-state index is 13.0. The number of carbonyl (C=O) groups is 2. The van der Waals surface area contributed by atoms with Crippen molar-refractivity contribution in [2.24, 2.45) is 5.92 Å². The van der Waals surface area contributed by atoms with Crippen molar-refractivity contribution < 1.29 is 14.3 Å². The van der Waals surface area contributed by atoms with Gasteiger partial charge in [0.25, 0.3) is 0 Å². The molecule has 1 aromatic heterocycles. The van der Waals surface area contributed by atoms with Crippen molar-refractivity contribution in [1.82, 2.24) is 10.2 Å². The van der Waals surface area contributed by atoms with Crippen molar-refractivity contribution in [3.63, 3.8) is 0 Å². The second-order valence-corrected chi connectivity index (χ2v) is 8.64. The molecule has 1 unspecified atom stereocenters. The Labute approximate surface area is 186 Å². The summed E-state index contributed by atoms with van der Waals surface area (Å²) in [6.45, 7) is 1.44. The molecule has 160 valence electrons. The average molecular weight is 435 g/mol. The van der Waals surface area contributed by atoms with Gasteiger partial charge in [-0.3, -0.25) is 9.59 Å². The standard InChI is InChI=1S/C25H26N2O3S/c1-30-21-10-8-18(9-11-21)15-24(28)27-13-12-26-25(29)20(17-27)16-19-5-2-3-6-22(19)23-7-4-14-31-23/h2-11,14,20H,12-13,15-17H2,1H3,(H,26,29). The van der Waals surface area contributed by atoms with E-state index in [2.05, 4.69) is 28.9 Å². The minimum absolute atomic E-state index is 0.0146. The van der Waals surface area contributed by atoms with E-state index < -0.39 is 0 Å². The van der Waals surface area contributed by atoms with Crippen LogP contribution in [0.25, 0.3) is 10.4 Å². The first kappa shape index (κ1) is 21.1. The highest BCUT2D eigenvalue weighted by atomic mass is 32.1. The number of nitrogens with zero attached hydrogens (tertiary/aromatic N) is 1. The molecule has 0 bridgehead atoms. The molecule has 1 saturated heterocycles. The zero-order chi connectivity index (χ0) is 21.6. The molecule has 6 heteroatoms. The molecule has 1 N–H and O–H groups in total. The van der Waals surface area contributed by atoms with Crippen LogP contribution in [0.4, 0.5) is 0 Å². The Bertz CT molecular complexity index is 1030. The molecule has 4 rings (SSSR count). The first-order valence-corrected chi connectivity index (χ1v) is 11.3. The predicted octanol–water partition coefficient (Wildman–Crippen LogP) is 3.78. The van der Waals surface area contributed by atoms with Crippen LogP contribution in [-0.4, -0.2) is 43.5 Å². The fourth-order valence-electron chi connectivity index (χ4n) is 3.95. The monoisotopic (exact) mass is 434 g/mol. The maximum Gasteiger partial charge on any atom is 0.227 e. The van der Waals surface area contributed by atoms with E-state index in [9.17, 15) is 9.59 Å². The summed E-state index contributed by atoms with van der Waals surface area (Å²) in [5.41, 5.74) is 3.23. The number of hydrogen-bond donors (Lipinski definition) is 1. The quantitative estimate of drug-likeness (QED) is 0.642. The third-order valence-corrected chi connectivity index (χ3v) is 6.53. The number of benzene rings is 2. The topological polar surface area (TPSA) is 58.6 Å². The van der Waals surface area contributed by atoms with Crippen molar-refractivity contribution in [2.75, 3.05) is 26.7 Å². The summed E-state index contributed by atoms with van der Waals surface area (Å²) in [4.78, 5) is 28.8. The number of rotatable bonds is 6. The van der Waals surface area contributed by atoms with Crippen molar-refractivity contribution in [3.05, 3.63) is 77.2 Å². The lowest BCUT2D eigenvalue weighted by molar-refractivity contribution is -0.131. The van der Waals surface area contributed by atoms with E-state index in [1.807, 2.05) is 47.4 Å². The van der Waals surface area contributed by atoms with Gasteiger partial charge in [-0.15, -0.1) is 11.3 Å². The summed E-state index contributed by atoms with van der Waals surface area (Å²) in [6.07, 6.45) is 0.920. The highest BCUT2D eigenvalue weighted by Gasteiger charge is 2.28. The zero-order valence-electron chi connectivity index (χ0n) is 17.5. The predicted molar refractivity (Wildman–Crippen MR) is 123 cm³/mol. The highest BCUT2D eigenvalue weighted by Crippen LogP contribution is 2.30. The largest absolute Gasteiger partial charge is 0.497 e. The first-order valence-electron chi connectivity index (χ1n) is 10.4. The van der Waals surface area contributed by atoms with Gasteiger partial charge in [-0.2, -0.15) is 0 Å². The third kappa shape index (κ3) is 5.14. The van der Waals surface area contributed by atoms with Crippen LogP contribution in [-0.2, 0) is 22.4 Å². The SMILES string of the molecule is COc1ccc(CC(=O)N2CCNC(=O)C(Cc3ccccc3-c3cccs3)C2)cc1. The molecule has 3 aromatic rings. The van der Waals surface area contributed by atoms with Gasteiger partial charge in [0.2, 0.25) is 11.8 Å². The van der Waals surface area contributed by atoms with E-state index >= 15 is 0 Å². The van der Waals surface area contributed by atoms with Gasteiger partial charge in [-0.1, -0.05) is 42.5 Å². The minimum atomic E-state index is -0.275. The van der Waals surface area contributed by atoms with Crippen molar-refractivity contribution in [3.8, 4) is 16.2 Å². The van der Waals surface area contributed by atoms with E-state index in [1.54, 1.807) is 18.4 Å². The molecule has 0 radical (unpaired) electrons. The van der Waals surface area contributed by atoms with Gasteiger partial charge in [0, 0.05) is 24.5 Å². The van der Waals surface area contributed by atoms with Crippen molar-refractivity contribution in [2.45, 2.75) is 12.8 Å². The number of methoxy groups -OCH3 is 1. The molecule has 2 heterocycles. The Morgan fingerprint density at radius 1 is 1.13 bits per heavy atom. The number of amides is 2. The van der Waals surface area contributed by atoms with Crippen LogP contribution in [0.1, 0.15) is 11.1 Å².